The average Bonchev–Trinajstić information content (AvgIpc) is 2.53. The number of carbonyl (C=O) groups is 1. The number of benzene rings is 4. The minimum atomic E-state index is -4.39. The van der Waals surface area contributed by atoms with E-state index in [4.69, 9.17) is 0 Å². The van der Waals surface area contributed by atoms with Crippen LogP contribution in [0, 0.1) is 0 Å². The fourth-order valence-corrected chi connectivity index (χ4v) is 2.99. The van der Waals surface area contributed by atoms with Crippen LogP contribution in [0.3, 0.4) is 0 Å². The molecule has 0 bridgehead atoms. The molecule has 0 aliphatic heterocycles. The molecule has 23 heavy (non-hydrogen) atoms. The molecule has 0 heterocycles. The highest BCUT2D eigenvalue weighted by molar-refractivity contribution is 6.24. The zero-order chi connectivity index (χ0) is 16.2. The predicted molar refractivity (Wildman–Crippen MR) is 80.7 cm³/mol. The SMILES string of the molecule is O=C([O-])C(F)(F)Oc1cc2cccc3ccc4cccc1c4c32. The highest BCUT2D eigenvalue weighted by Crippen LogP contribution is 2.40. The second-order valence-electron chi connectivity index (χ2n) is 5.33. The van der Waals surface area contributed by atoms with E-state index in [1.54, 1.807) is 18.2 Å². The molecule has 4 rings (SSSR count). The van der Waals surface area contributed by atoms with Crippen LogP contribution < -0.4 is 9.84 Å². The molecule has 0 N–H and O–H groups in total. The van der Waals surface area contributed by atoms with Gasteiger partial charge in [0, 0.05) is 10.8 Å². The second kappa shape index (κ2) is 4.52. The van der Waals surface area contributed by atoms with E-state index in [1.807, 2.05) is 30.3 Å². The molecule has 4 aromatic rings. The van der Waals surface area contributed by atoms with Gasteiger partial charge in [-0.2, -0.15) is 8.78 Å². The van der Waals surface area contributed by atoms with E-state index < -0.39 is 12.1 Å². The average molecular weight is 311 g/mol. The van der Waals surface area contributed by atoms with E-state index in [2.05, 4.69) is 4.74 Å². The summed E-state index contributed by atoms with van der Waals surface area (Å²) in [5.41, 5.74) is 0. The maximum absolute atomic E-state index is 13.5. The number of hydrogen-bond donors (Lipinski definition) is 0. The molecule has 0 aliphatic carbocycles. The number of carbonyl (C=O) groups excluding carboxylic acids is 1. The molecule has 0 fully saturated rings. The van der Waals surface area contributed by atoms with Gasteiger partial charge in [-0.3, -0.25) is 0 Å². The Labute approximate surface area is 129 Å². The molecule has 0 spiro atoms. The van der Waals surface area contributed by atoms with Gasteiger partial charge in [0.25, 0.3) is 0 Å². The Bertz CT molecular complexity index is 1060. The van der Waals surface area contributed by atoms with Crippen LogP contribution in [-0.4, -0.2) is 12.1 Å². The molecule has 4 aromatic carbocycles. The zero-order valence-electron chi connectivity index (χ0n) is 11.7. The third kappa shape index (κ3) is 1.97. The van der Waals surface area contributed by atoms with Gasteiger partial charge in [-0.1, -0.05) is 48.5 Å². The smallest absolute Gasteiger partial charge is 0.441 e. The first kappa shape index (κ1) is 13.7. The lowest BCUT2D eigenvalue weighted by Crippen LogP contribution is -2.45. The summed E-state index contributed by atoms with van der Waals surface area (Å²) < 4.78 is 31.4. The first-order chi connectivity index (χ1) is 11.0. The van der Waals surface area contributed by atoms with Crippen molar-refractivity contribution < 1.29 is 23.4 Å². The molecule has 0 aromatic heterocycles. The molecule has 3 nitrogen and oxygen atoms in total. The fourth-order valence-electron chi connectivity index (χ4n) is 2.99. The van der Waals surface area contributed by atoms with Crippen LogP contribution in [0.1, 0.15) is 0 Å². The topological polar surface area (TPSA) is 49.4 Å². The fraction of sp³-hybridized carbons (Fsp3) is 0.0556. The summed E-state index contributed by atoms with van der Waals surface area (Å²) in [4.78, 5) is 10.6. The molecule has 0 amide bonds. The van der Waals surface area contributed by atoms with Crippen molar-refractivity contribution in [2.24, 2.45) is 0 Å². The quantitative estimate of drug-likeness (QED) is 0.545. The monoisotopic (exact) mass is 311 g/mol. The highest BCUT2D eigenvalue weighted by atomic mass is 19.3. The van der Waals surface area contributed by atoms with Gasteiger partial charge in [0.1, 0.15) is 5.75 Å². The van der Waals surface area contributed by atoms with Crippen molar-refractivity contribution in [1.29, 1.82) is 0 Å². The number of aliphatic carboxylic acids is 1. The largest absolute Gasteiger partial charge is 0.541 e. The van der Waals surface area contributed by atoms with Gasteiger partial charge in [-0.15, -0.1) is 0 Å². The Morgan fingerprint density at radius 3 is 2.22 bits per heavy atom. The summed E-state index contributed by atoms with van der Waals surface area (Å²) in [6.07, 6.45) is -4.39. The summed E-state index contributed by atoms with van der Waals surface area (Å²) in [6, 6.07) is 16.0. The Hall–Kier alpha value is -2.95. The van der Waals surface area contributed by atoms with Gasteiger partial charge in [0.2, 0.25) is 0 Å². The molecule has 0 unspecified atom stereocenters. The first-order valence-corrected chi connectivity index (χ1v) is 6.92. The minimum absolute atomic E-state index is 0.184. The van der Waals surface area contributed by atoms with Crippen molar-refractivity contribution in [2.75, 3.05) is 0 Å². The van der Waals surface area contributed by atoms with Crippen molar-refractivity contribution in [1.82, 2.24) is 0 Å². The van der Waals surface area contributed by atoms with Crippen LogP contribution in [0.25, 0.3) is 32.3 Å². The maximum atomic E-state index is 13.5. The molecule has 0 saturated carbocycles. The Kier molecular flexibility index (Phi) is 2.69. The van der Waals surface area contributed by atoms with Gasteiger partial charge >= 0.3 is 6.11 Å². The molecular weight excluding hydrogens is 302 g/mol. The summed E-state index contributed by atoms with van der Waals surface area (Å²) in [5.74, 6) is -2.75. The number of halogens is 2. The number of carboxylic acid groups (broad SMARTS) is 1. The minimum Gasteiger partial charge on any atom is -0.541 e. The van der Waals surface area contributed by atoms with Crippen molar-refractivity contribution in [3.63, 3.8) is 0 Å². The summed E-state index contributed by atoms with van der Waals surface area (Å²) in [6.45, 7) is 0. The standard InChI is InChI=1S/C18H10F2O3/c19-18(20,17(21)22)23-14-9-12-5-1-3-10-7-8-11-4-2-6-13(14)16(11)15(10)12/h1-9H,(H,21,22)/p-1. The summed E-state index contributed by atoms with van der Waals surface area (Å²) in [5, 5.41) is 15.3. The molecule has 0 radical (unpaired) electrons. The van der Waals surface area contributed by atoms with E-state index in [0.29, 0.717) is 10.8 Å². The normalized spacial score (nSPS) is 12.3. The number of hydrogen-bond acceptors (Lipinski definition) is 3. The van der Waals surface area contributed by atoms with Gasteiger partial charge in [-0.05, 0) is 27.6 Å². The Balaban J connectivity index is 2.10. The number of ether oxygens (including phenoxy) is 1. The van der Waals surface area contributed by atoms with E-state index in [0.717, 1.165) is 21.5 Å². The van der Waals surface area contributed by atoms with Gasteiger partial charge in [0.05, 0.1) is 0 Å². The first-order valence-electron chi connectivity index (χ1n) is 6.92. The molecule has 0 aliphatic rings. The third-order valence-electron chi connectivity index (χ3n) is 3.95. The van der Waals surface area contributed by atoms with E-state index in [9.17, 15) is 18.7 Å². The van der Waals surface area contributed by atoms with Crippen LogP contribution in [0.4, 0.5) is 8.78 Å². The molecule has 5 heteroatoms. The van der Waals surface area contributed by atoms with E-state index in [-0.39, 0.29) is 5.75 Å². The molecule has 0 saturated heterocycles. The lowest BCUT2D eigenvalue weighted by atomic mass is 9.94. The van der Waals surface area contributed by atoms with E-state index in [1.165, 1.54) is 6.07 Å². The third-order valence-corrected chi connectivity index (χ3v) is 3.95. The van der Waals surface area contributed by atoms with Crippen molar-refractivity contribution in [3.05, 3.63) is 54.6 Å². The van der Waals surface area contributed by atoms with Crippen molar-refractivity contribution in [3.8, 4) is 5.75 Å². The Morgan fingerprint density at radius 1 is 0.913 bits per heavy atom. The van der Waals surface area contributed by atoms with Crippen LogP contribution in [0.15, 0.2) is 54.6 Å². The molecule has 114 valence electrons. The van der Waals surface area contributed by atoms with Crippen molar-refractivity contribution >= 4 is 38.3 Å². The van der Waals surface area contributed by atoms with Gasteiger partial charge in [-0.25, -0.2) is 0 Å². The summed E-state index contributed by atoms with van der Waals surface area (Å²) >= 11 is 0. The van der Waals surface area contributed by atoms with Crippen LogP contribution in [-0.2, 0) is 4.79 Å². The highest BCUT2D eigenvalue weighted by Gasteiger charge is 2.34. The maximum Gasteiger partial charge on any atom is 0.441 e. The number of rotatable bonds is 3. The van der Waals surface area contributed by atoms with Gasteiger partial charge in [0.15, 0.2) is 5.97 Å². The van der Waals surface area contributed by atoms with Crippen molar-refractivity contribution in [2.45, 2.75) is 6.11 Å². The predicted octanol–water partition coefficient (Wildman–Crippen LogP) is 3.31. The number of carboxylic acids is 1. The Morgan fingerprint density at radius 2 is 1.52 bits per heavy atom. The molecular formula is C18H9F2O3-. The summed E-state index contributed by atoms with van der Waals surface area (Å²) in [7, 11) is 0. The second-order valence-corrected chi connectivity index (χ2v) is 5.33. The van der Waals surface area contributed by atoms with Gasteiger partial charge < -0.3 is 14.6 Å². The van der Waals surface area contributed by atoms with Crippen LogP contribution >= 0.6 is 0 Å². The molecule has 0 atom stereocenters. The van der Waals surface area contributed by atoms with Crippen LogP contribution in [0.5, 0.6) is 5.75 Å². The lowest BCUT2D eigenvalue weighted by Gasteiger charge is -2.21. The lowest BCUT2D eigenvalue weighted by molar-refractivity contribution is -0.350. The van der Waals surface area contributed by atoms with Crippen LogP contribution in [0.2, 0.25) is 0 Å². The zero-order valence-corrected chi connectivity index (χ0v) is 11.7. The van der Waals surface area contributed by atoms with E-state index >= 15 is 0 Å². The number of alkyl halides is 2.